The van der Waals surface area contributed by atoms with Gasteiger partial charge < -0.3 is 10.1 Å². The van der Waals surface area contributed by atoms with Crippen molar-refractivity contribution in [3.05, 3.63) is 48.0 Å². The smallest absolute Gasteiger partial charge is 0.146 e. The summed E-state index contributed by atoms with van der Waals surface area (Å²) in [7, 11) is 0. The van der Waals surface area contributed by atoms with E-state index in [0.717, 1.165) is 35.8 Å². The van der Waals surface area contributed by atoms with Crippen LogP contribution in [0.25, 0.3) is 20.8 Å². The minimum absolute atomic E-state index is 0.259. The second-order valence-electron chi connectivity index (χ2n) is 5.72. The summed E-state index contributed by atoms with van der Waals surface area (Å²) in [4.78, 5) is 4.83. The van der Waals surface area contributed by atoms with Crippen molar-refractivity contribution in [1.29, 1.82) is 0 Å². The van der Waals surface area contributed by atoms with Gasteiger partial charge in [-0.15, -0.1) is 11.3 Å². The third-order valence-corrected chi connectivity index (χ3v) is 5.06. The number of nitrogens with one attached hydrogen (secondary N) is 1. The number of aryl methyl sites for hydroxylation is 1. The molecule has 1 fully saturated rings. The van der Waals surface area contributed by atoms with Gasteiger partial charge in [-0.25, -0.2) is 4.98 Å². The predicted octanol–water partition coefficient (Wildman–Crippen LogP) is 4.01. The second-order valence-corrected chi connectivity index (χ2v) is 6.75. The van der Waals surface area contributed by atoms with Crippen molar-refractivity contribution in [2.24, 2.45) is 0 Å². The van der Waals surface area contributed by atoms with Gasteiger partial charge in [0.2, 0.25) is 0 Å². The summed E-state index contributed by atoms with van der Waals surface area (Å²) in [5.41, 5.74) is 3.41. The summed E-state index contributed by atoms with van der Waals surface area (Å²) < 4.78 is 7.32. The van der Waals surface area contributed by atoms with Crippen molar-refractivity contribution in [2.75, 3.05) is 13.1 Å². The summed E-state index contributed by atoms with van der Waals surface area (Å²) in [6, 6.07) is 14.7. The van der Waals surface area contributed by atoms with Crippen LogP contribution in [0, 0.1) is 6.92 Å². The molecule has 1 N–H and O–H groups in total. The Kier molecular flexibility index (Phi) is 3.56. The van der Waals surface area contributed by atoms with Crippen molar-refractivity contribution >= 4 is 21.6 Å². The number of rotatable bonds is 3. The van der Waals surface area contributed by atoms with Gasteiger partial charge in [-0.2, -0.15) is 0 Å². The Labute approximate surface area is 134 Å². The lowest BCUT2D eigenvalue weighted by molar-refractivity contribution is 0.225. The summed E-state index contributed by atoms with van der Waals surface area (Å²) in [5, 5.41) is 4.39. The van der Waals surface area contributed by atoms with E-state index in [9.17, 15) is 0 Å². The fourth-order valence-electron chi connectivity index (χ4n) is 2.75. The number of ether oxygens (including phenoxy) is 1. The molecule has 1 aliphatic heterocycles. The molecule has 0 radical (unpaired) electrons. The van der Waals surface area contributed by atoms with Crippen LogP contribution in [-0.2, 0) is 0 Å². The SMILES string of the molecule is Cc1ccc(-c2nc3c(OC4CCNC4)cccc3s2)cc1. The Balaban J connectivity index is 1.72. The van der Waals surface area contributed by atoms with E-state index in [0.29, 0.717) is 0 Å². The van der Waals surface area contributed by atoms with Crippen molar-refractivity contribution in [1.82, 2.24) is 10.3 Å². The maximum atomic E-state index is 6.14. The van der Waals surface area contributed by atoms with Crippen LogP contribution in [0.4, 0.5) is 0 Å². The molecule has 0 spiro atoms. The fraction of sp³-hybridized carbons (Fsp3) is 0.278. The van der Waals surface area contributed by atoms with Crippen molar-refractivity contribution in [3.8, 4) is 16.3 Å². The molecule has 4 rings (SSSR count). The number of thiazole rings is 1. The number of fused-ring (bicyclic) bond motifs is 1. The zero-order chi connectivity index (χ0) is 14.9. The van der Waals surface area contributed by atoms with Crippen molar-refractivity contribution in [3.63, 3.8) is 0 Å². The van der Waals surface area contributed by atoms with Gasteiger partial charge in [0.1, 0.15) is 22.4 Å². The summed E-state index contributed by atoms with van der Waals surface area (Å²) >= 11 is 1.72. The highest BCUT2D eigenvalue weighted by Crippen LogP contribution is 2.35. The maximum Gasteiger partial charge on any atom is 0.146 e. The van der Waals surface area contributed by atoms with Gasteiger partial charge in [0.15, 0.2) is 0 Å². The van der Waals surface area contributed by atoms with E-state index >= 15 is 0 Å². The lowest BCUT2D eigenvalue weighted by atomic mass is 10.2. The summed E-state index contributed by atoms with van der Waals surface area (Å²) in [6.45, 7) is 4.06. The van der Waals surface area contributed by atoms with Crippen LogP contribution in [0.5, 0.6) is 5.75 Å². The van der Waals surface area contributed by atoms with Crippen LogP contribution < -0.4 is 10.1 Å². The van der Waals surface area contributed by atoms with Gasteiger partial charge in [0.05, 0.1) is 4.70 Å². The van der Waals surface area contributed by atoms with Crippen LogP contribution in [0.15, 0.2) is 42.5 Å². The minimum Gasteiger partial charge on any atom is -0.487 e. The van der Waals surface area contributed by atoms with Crippen LogP contribution in [-0.4, -0.2) is 24.2 Å². The first-order chi connectivity index (χ1) is 10.8. The van der Waals surface area contributed by atoms with Crippen LogP contribution >= 0.6 is 11.3 Å². The standard InChI is InChI=1S/C18H18N2OS/c1-12-5-7-13(8-6-12)18-20-17-15(3-2-4-16(17)22-18)21-14-9-10-19-11-14/h2-8,14,19H,9-11H2,1H3. The van der Waals surface area contributed by atoms with Crippen molar-refractivity contribution in [2.45, 2.75) is 19.4 Å². The van der Waals surface area contributed by atoms with E-state index in [2.05, 4.69) is 48.6 Å². The molecule has 1 aromatic heterocycles. The Hall–Kier alpha value is -1.91. The molecular formula is C18H18N2OS. The molecule has 0 aliphatic carbocycles. The number of hydrogen-bond acceptors (Lipinski definition) is 4. The third kappa shape index (κ3) is 2.60. The Morgan fingerprint density at radius 1 is 1.18 bits per heavy atom. The molecule has 0 saturated carbocycles. The molecule has 1 unspecified atom stereocenters. The zero-order valence-electron chi connectivity index (χ0n) is 12.5. The molecule has 0 bridgehead atoms. The second kappa shape index (κ2) is 5.71. The Morgan fingerprint density at radius 2 is 2.05 bits per heavy atom. The van der Waals surface area contributed by atoms with Crippen LogP contribution in [0.2, 0.25) is 0 Å². The largest absolute Gasteiger partial charge is 0.487 e. The van der Waals surface area contributed by atoms with Gasteiger partial charge in [-0.1, -0.05) is 35.9 Å². The molecule has 112 valence electrons. The average molecular weight is 310 g/mol. The molecule has 1 saturated heterocycles. The molecule has 1 aliphatic rings. The summed E-state index contributed by atoms with van der Waals surface area (Å²) in [6.07, 6.45) is 1.32. The Bertz CT molecular complexity index is 788. The van der Waals surface area contributed by atoms with E-state index in [1.165, 1.54) is 15.8 Å². The molecule has 2 aromatic carbocycles. The number of hydrogen-bond donors (Lipinski definition) is 1. The molecule has 4 heteroatoms. The van der Waals surface area contributed by atoms with Crippen LogP contribution in [0.3, 0.4) is 0 Å². The molecular weight excluding hydrogens is 292 g/mol. The zero-order valence-corrected chi connectivity index (χ0v) is 13.3. The first kappa shape index (κ1) is 13.7. The van der Waals surface area contributed by atoms with E-state index in [1.807, 2.05) is 6.07 Å². The fourth-order valence-corrected chi connectivity index (χ4v) is 3.73. The normalized spacial score (nSPS) is 18.0. The molecule has 3 aromatic rings. The number of benzene rings is 2. The average Bonchev–Trinajstić information content (AvgIpc) is 3.17. The highest BCUT2D eigenvalue weighted by atomic mass is 32.1. The summed E-state index contributed by atoms with van der Waals surface area (Å²) in [5.74, 6) is 0.904. The first-order valence-corrected chi connectivity index (χ1v) is 8.45. The number of aromatic nitrogens is 1. The lowest BCUT2D eigenvalue weighted by Gasteiger charge is -2.12. The predicted molar refractivity (Wildman–Crippen MR) is 91.7 cm³/mol. The molecule has 1 atom stereocenters. The highest BCUT2D eigenvalue weighted by Gasteiger charge is 2.18. The van der Waals surface area contributed by atoms with Gasteiger partial charge in [0.25, 0.3) is 0 Å². The van der Waals surface area contributed by atoms with E-state index < -0.39 is 0 Å². The van der Waals surface area contributed by atoms with Gasteiger partial charge in [-0.05, 0) is 32.0 Å². The lowest BCUT2D eigenvalue weighted by Crippen LogP contribution is -2.19. The van der Waals surface area contributed by atoms with Gasteiger partial charge in [0, 0.05) is 12.1 Å². The van der Waals surface area contributed by atoms with Crippen molar-refractivity contribution < 1.29 is 4.74 Å². The number of para-hydroxylation sites is 1. The Morgan fingerprint density at radius 3 is 2.82 bits per heavy atom. The van der Waals surface area contributed by atoms with Gasteiger partial charge >= 0.3 is 0 Å². The molecule has 22 heavy (non-hydrogen) atoms. The molecule has 0 amide bonds. The molecule has 2 heterocycles. The molecule has 3 nitrogen and oxygen atoms in total. The van der Waals surface area contributed by atoms with Crippen LogP contribution in [0.1, 0.15) is 12.0 Å². The monoisotopic (exact) mass is 310 g/mol. The maximum absolute atomic E-state index is 6.14. The van der Waals surface area contributed by atoms with Gasteiger partial charge in [-0.3, -0.25) is 0 Å². The minimum atomic E-state index is 0.259. The topological polar surface area (TPSA) is 34.1 Å². The highest BCUT2D eigenvalue weighted by molar-refractivity contribution is 7.21. The number of nitrogens with zero attached hydrogens (tertiary/aromatic N) is 1. The first-order valence-electron chi connectivity index (χ1n) is 7.63. The van der Waals surface area contributed by atoms with E-state index in [1.54, 1.807) is 11.3 Å². The quantitative estimate of drug-likeness (QED) is 0.793. The van der Waals surface area contributed by atoms with E-state index in [4.69, 9.17) is 9.72 Å². The van der Waals surface area contributed by atoms with E-state index in [-0.39, 0.29) is 6.10 Å². The third-order valence-electron chi connectivity index (χ3n) is 3.99.